The number of fused-ring (bicyclic) bond motifs is 1. The van der Waals surface area contributed by atoms with E-state index >= 15 is 0 Å². The zero-order valence-electron chi connectivity index (χ0n) is 12.6. The molecule has 1 aliphatic carbocycles. The van der Waals surface area contributed by atoms with Crippen LogP contribution in [0.1, 0.15) is 17.7 Å². The van der Waals surface area contributed by atoms with Gasteiger partial charge in [-0.25, -0.2) is 8.42 Å². The lowest BCUT2D eigenvalue weighted by molar-refractivity contribution is 0.0519. The zero-order chi connectivity index (χ0) is 15.2. The summed E-state index contributed by atoms with van der Waals surface area (Å²) in [6.07, 6.45) is 1.84. The van der Waals surface area contributed by atoms with E-state index in [1.165, 1.54) is 4.88 Å². The fraction of sp³-hybridized carbons (Fsp3) is 0.733. The molecule has 122 valence electrons. The van der Waals surface area contributed by atoms with Gasteiger partial charge in [-0.3, -0.25) is 4.90 Å². The Bertz CT molecular complexity index is 613. The standard InChI is InChI=1S/C15H22N2O3S2/c18-22(19,14-3-4-14)17-5-6-20-15-11-16(8-12(15)9-17)10-13-2-1-7-21-13/h1-2,7,12,14-15H,3-6,8-11H2/t12-,15-/m1/s1. The Hall–Kier alpha value is -0.470. The number of ether oxygens (including phenoxy) is 1. The molecule has 0 aromatic carbocycles. The molecule has 0 spiro atoms. The third-order valence-corrected chi connectivity index (χ3v) is 8.06. The van der Waals surface area contributed by atoms with Crippen LogP contribution in [0.15, 0.2) is 17.5 Å². The van der Waals surface area contributed by atoms with Gasteiger partial charge in [0.05, 0.1) is 18.0 Å². The lowest BCUT2D eigenvalue weighted by Crippen LogP contribution is -2.39. The van der Waals surface area contributed by atoms with Crippen molar-refractivity contribution < 1.29 is 13.2 Å². The molecule has 1 saturated carbocycles. The maximum absolute atomic E-state index is 12.5. The van der Waals surface area contributed by atoms with Crippen LogP contribution < -0.4 is 0 Å². The minimum absolute atomic E-state index is 0.118. The summed E-state index contributed by atoms with van der Waals surface area (Å²) in [4.78, 5) is 3.76. The summed E-state index contributed by atoms with van der Waals surface area (Å²) in [5, 5.41) is 1.98. The SMILES string of the molecule is O=S(=O)(C1CC1)N1CCO[C@@H]2CN(Cc3cccs3)C[C@@H]2C1. The third kappa shape index (κ3) is 2.97. The van der Waals surface area contributed by atoms with E-state index in [0.717, 1.165) is 32.5 Å². The topological polar surface area (TPSA) is 49.9 Å². The zero-order valence-corrected chi connectivity index (χ0v) is 14.2. The second-order valence-electron chi connectivity index (χ2n) is 6.55. The molecule has 0 unspecified atom stereocenters. The summed E-state index contributed by atoms with van der Waals surface area (Å²) in [7, 11) is -3.08. The van der Waals surface area contributed by atoms with E-state index in [9.17, 15) is 8.42 Å². The summed E-state index contributed by atoms with van der Waals surface area (Å²) in [6.45, 7) is 4.48. The summed E-state index contributed by atoms with van der Waals surface area (Å²) < 4.78 is 32.6. The Balaban J connectivity index is 1.43. The van der Waals surface area contributed by atoms with E-state index in [2.05, 4.69) is 22.4 Å². The van der Waals surface area contributed by atoms with Crippen LogP contribution in [-0.2, 0) is 21.3 Å². The van der Waals surface area contributed by atoms with Crippen LogP contribution in [0.5, 0.6) is 0 Å². The van der Waals surface area contributed by atoms with Gasteiger partial charge in [-0.15, -0.1) is 11.3 Å². The van der Waals surface area contributed by atoms with E-state index in [4.69, 9.17) is 4.74 Å². The highest BCUT2D eigenvalue weighted by molar-refractivity contribution is 7.90. The van der Waals surface area contributed by atoms with Gasteiger partial charge < -0.3 is 4.74 Å². The summed E-state index contributed by atoms with van der Waals surface area (Å²) >= 11 is 1.78. The van der Waals surface area contributed by atoms with Crippen molar-refractivity contribution >= 4 is 21.4 Å². The molecule has 3 aliphatic rings. The fourth-order valence-electron chi connectivity index (χ4n) is 3.51. The highest BCUT2D eigenvalue weighted by Gasteiger charge is 2.44. The van der Waals surface area contributed by atoms with Gasteiger partial charge in [0, 0.05) is 43.5 Å². The lowest BCUT2D eigenvalue weighted by atomic mass is 10.1. The maximum atomic E-state index is 12.5. The minimum atomic E-state index is -3.08. The molecule has 0 bridgehead atoms. The second kappa shape index (κ2) is 5.87. The molecular formula is C15H22N2O3S2. The molecule has 3 fully saturated rings. The van der Waals surface area contributed by atoms with Crippen molar-refractivity contribution in [3.8, 4) is 0 Å². The first-order valence-corrected chi connectivity index (χ1v) is 10.4. The Morgan fingerprint density at radius 2 is 2.14 bits per heavy atom. The first-order chi connectivity index (χ1) is 10.6. The summed E-state index contributed by atoms with van der Waals surface area (Å²) in [6, 6.07) is 4.23. The van der Waals surface area contributed by atoms with Crippen molar-refractivity contribution in [1.82, 2.24) is 9.21 Å². The van der Waals surface area contributed by atoms with E-state index in [1.54, 1.807) is 15.6 Å². The van der Waals surface area contributed by atoms with Crippen LogP contribution in [0.2, 0.25) is 0 Å². The molecule has 4 rings (SSSR count). The number of sulfonamides is 1. The van der Waals surface area contributed by atoms with Gasteiger partial charge in [-0.1, -0.05) is 6.07 Å². The molecular weight excluding hydrogens is 320 g/mol. The number of hydrogen-bond donors (Lipinski definition) is 0. The molecule has 0 radical (unpaired) electrons. The molecule has 0 amide bonds. The van der Waals surface area contributed by atoms with Gasteiger partial charge in [0.25, 0.3) is 0 Å². The highest BCUT2D eigenvalue weighted by Crippen LogP contribution is 2.33. The van der Waals surface area contributed by atoms with E-state index < -0.39 is 10.0 Å². The van der Waals surface area contributed by atoms with Crippen molar-refractivity contribution in [3.63, 3.8) is 0 Å². The molecule has 22 heavy (non-hydrogen) atoms. The first-order valence-electron chi connectivity index (χ1n) is 7.98. The molecule has 7 heteroatoms. The minimum Gasteiger partial charge on any atom is -0.375 e. The van der Waals surface area contributed by atoms with Crippen LogP contribution in [0.3, 0.4) is 0 Å². The monoisotopic (exact) mass is 342 g/mol. The van der Waals surface area contributed by atoms with Gasteiger partial charge in [0.15, 0.2) is 0 Å². The molecule has 2 saturated heterocycles. The largest absolute Gasteiger partial charge is 0.375 e. The number of likely N-dealkylation sites (tertiary alicyclic amines) is 1. The number of thiophene rings is 1. The van der Waals surface area contributed by atoms with Crippen molar-refractivity contribution in [2.45, 2.75) is 30.7 Å². The van der Waals surface area contributed by atoms with Gasteiger partial charge in [0.1, 0.15) is 0 Å². The van der Waals surface area contributed by atoms with E-state index in [1.807, 2.05) is 0 Å². The van der Waals surface area contributed by atoms with E-state index in [0.29, 0.717) is 25.6 Å². The number of nitrogens with zero attached hydrogens (tertiary/aromatic N) is 2. The van der Waals surface area contributed by atoms with Gasteiger partial charge in [-0.2, -0.15) is 4.31 Å². The second-order valence-corrected chi connectivity index (χ2v) is 9.79. The van der Waals surface area contributed by atoms with Crippen LogP contribution >= 0.6 is 11.3 Å². The maximum Gasteiger partial charge on any atom is 0.217 e. The van der Waals surface area contributed by atoms with Crippen LogP contribution in [0.25, 0.3) is 0 Å². The van der Waals surface area contributed by atoms with Gasteiger partial charge >= 0.3 is 0 Å². The Morgan fingerprint density at radius 3 is 2.86 bits per heavy atom. The number of rotatable bonds is 4. The van der Waals surface area contributed by atoms with Crippen LogP contribution in [-0.4, -0.2) is 61.8 Å². The smallest absolute Gasteiger partial charge is 0.217 e. The molecule has 0 N–H and O–H groups in total. The molecule has 3 heterocycles. The molecule has 2 aliphatic heterocycles. The van der Waals surface area contributed by atoms with Crippen LogP contribution in [0.4, 0.5) is 0 Å². The quantitative estimate of drug-likeness (QED) is 0.829. The normalized spacial score (nSPS) is 31.1. The van der Waals surface area contributed by atoms with Gasteiger partial charge in [0.2, 0.25) is 10.0 Å². The molecule has 1 aromatic heterocycles. The lowest BCUT2D eigenvalue weighted by Gasteiger charge is -2.23. The molecule has 2 atom stereocenters. The van der Waals surface area contributed by atoms with Crippen molar-refractivity contribution in [2.75, 3.05) is 32.8 Å². The average molecular weight is 342 g/mol. The predicted octanol–water partition coefficient (Wildman–Crippen LogP) is 1.37. The predicted molar refractivity (Wildman–Crippen MR) is 86.3 cm³/mol. The van der Waals surface area contributed by atoms with Crippen LogP contribution in [0, 0.1) is 5.92 Å². The fourth-order valence-corrected chi connectivity index (χ4v) is 6.14. The van der Waals surface area contributed by atoms with E-state index in [-0.39, 0.29) is 11.4 Å². The summed E-state index contributed by atoms with van der Waals surface area (Å²) in [5.74, 6) is 0.302. The summed E-state index contributed by atoms with van der Waals surface area (Å²) in [5.41, 5.74) is 0. The molecule has 1 aromatic rings. The van der Waals surface area contributed by atoms with Crippen molar-refractivity contribution in [1.29, 1.82) is 0 Å². The average Bonchev–Trinajstić information content (AvgIpc) is 3.18. The van der Waals surface area contributed by atoms with Gasteiger partial charge in [-0.05, 0) is 24.3 Å². The first kappa shape index (κ1) is 15.1. The Morgan fingerprint density at radius 1 is 1.27 bits per heavy atom. The van der Waals surface area contributed by atoms with Crippen molar-refractivity contribution in [2.24, 2.45) is 5.92 Å². The Kier molecular flexibility index (Phi) is 4.02. The highest BCUT2D eigenvalue weighted by atomic mass is 32.2. The molecule has 5 nitrogen and oxygen atoms in total. The Labute approximate surface area is 135 Å². The third-order valence-electron chi connectivity index (χ3n) is 4.83. The number of hydrogen-bond acceptors (Lipinski definition) is 5. The van der Waals surface area contributed by atoms with Crippen molar-refractivity contribution in [3.05, 3.63) is 22.4 Å².